The Morgan fingerprint density at radius 3 is 3.11 bits per heavy atom. The van der Waals surface area contributed by atoms with Gasteiger partial charge >= 0.3 is 68.3 Å². The van der Waals surface area contributed by atoms with Crippen LogP contribution in [-0.4, -0.2) is 20.3 Å². The molecule has 0 aliphatic carbocycles. The van der Waals surface area contributed by atoms with Gasteiger partial charge in [0.15, 0.2) is 0 Å². The quantitative estimate of drug-likeness (QED) is 0.427. The maximum absolute atomic E-state index is 6.08. The first kappa shape index (κ1) is 7.91. The van der Waals surface area contributed by atoms with Gasteiger partial charge in [-0.15, -0.1) is 0 Å². The molecule has 0 unspecified atom stereocenters. The third-order valence-electron chi connectivity index (χ3n) is 1.77. The second kappa shape index (κ2) is 3.85. The second-order valence-electron chi connectivity index (χ2n) is 2.71. The van der Waals surface area contributed by atoms with Gasteiger partial charge in [-0.05, 0) is 0 Å². The summed E-state index contributed by atoms with van der Waals surface area (Å²) in [5, 5.41) is 3.34. The maximum atomic E-state index is 6.08. The van der Waals surface area contributed by atoms with Crippen LogP contribution in [-0.2, 0) is 0 Å². The molecule has 0 spiro atoms. The van der Waals surface area contributed by atoms with Crippen LogP contribution in [0.25, 0.3) is 0 Å². The van der Waals surface area contributed by atoms with Crippen LogP contribution in [0.15, 0.2) is 0 Å². The second-order valence-corrected chi connectivity index (χ2v) is 5.68. The molecule has 1 fully saturated rings. The minimum atomic E-state index is 0.481. The monoisotopic (exact) mass is 212 g/mol. The Morgan fingerprint density at radius 1 is 1.56 bits per heavy atom. The molecule has 1 aliphatic rings. The zero-order valence-corrected chi connectivity index (χ0v) is 8.24. The van der Waals surface area contributed by atoms with Crippen LogP contribution in [0, 0.1) is 5.92 Å². The third kappa shape index (κ3) is 2.49. The molecule has 0 N–H and O–H groups in total. The summed E-state index contributed by atoms with van der Waals surface area (Å²) in [6, 6.07) is 0. The van der Waals surface area contributed by atoms with Crippen molar-refractivity contribution >= 4 is 26.6 Å². The Hall–Kier alpha value is 0.809. The predicted molar refractivity (Wildman–Crippen MR) is 43.4 cm³/mol. The third-order valence-corrected chi connectivity index (χ3v) is 5.22. The van der Waals surface area contributed by atoms with Crippen molar-refractivity contribution in [3.8, 4) is 0 Å². The van der Waals surface area contributed by atoms with Gasteiger partial charge in [-0.25, -0.2) is 0 Å². The molecule has 2 atom stereocenters. The number of alkyl halides is 1. The molecular formula is C7H13ClSe. The van der Waals surface area contributed by atoms with Gasteiger partial charge in [0.05, 0.1) is 0 Å². The molecule has 54 valence electrons. The molecule has 0 bridgehead atoms. The van der Waals surface area contributed by atoms with Gasteiger partial charge in [0.2, 0.25) is 0 Å². The van der Waals surface area contributed by atoms with Gasteiger partial charge in [0, 0.05) is 0 Å². The molecule has 0 aromatic carbocycles. The first-order chi connectivity index (χ1) is 4.30. The molecular weight excluding hydrogens is 198 g/mol. The van der Waals surface area contributed by atoms with E-state index in [0.29, 0.717) is 5.38 Å². The van der Waals surface area contributed by atoms with E-state index >= 15 is 0 Å². The Balaban J connectivity index is 2.32. The van der Waals surface area contributed by atoms with Crippen molar-refractivity contribution in [2.24, 2.45) is 5.92 Å². The van der Waals surface area contributed by atoms with Crippen molar-refractivity contribution in [1.82, 2.24) is 0 Å². The molecule has 1 saturated heterocycles. The van der Waals surface area contributed by atoms with Crippen LogP contribution in [0.3, 0.4) is 0 Å². The van der Waals surface area contributed by atoms with Gasteiger partial charge in [0.1, 0.15) is 0 Å². The number of hydrogen-bond acceptors (Lipinski definition) is 0. The average Bonchev–Trinajstić information content (AvgIpc) is 1.99. The summed E-state index contributed by atoms with van der Waals surface area (Å²) < 4.78 is 0. The standard InChI is InChI=1S/C7H13ClSe/c1-6-5-9-4-2-3-7(6)8/h6-7H,2-5H2,1H3/t6-,7+/m0/s1. The van der Waals surface area contributed by atoms with Crippen LogP contribution >= 0.6 is 11.6 Å². The van der Waals surface area contributed by atoms with Crippen molar-refractivity contribution in [2.75, 3.05) is 0 Å². The van der Waals surface area contributed by atoms with E-state index < -0.39 is 0 Å². The Kier molecular flexibility index (Phi) is 3.39. The van der Waals surface area contributed by atoms with Crippen molar-refractivity contribution in [3.05, 3.63) is 0 Å². The SMILES string of the molecule is C[C@H]1C[Se]CCC[C@H]1Cl. The molecule has 0 radical (unpaired) electrons. The summed E-state index contributed by atoms with van der Waals surface area (Å²) in [7, 11) is 0. The van der Waals surface area contributed by atoms with E-state index in [1.54, 1.807) is 0 Å². The predicted octanol–water partition coefficient (Wildman–Crippen LogP) is 2.56. The molecule has 0 aromatic rings. The van der Waals surface area contributed by atoms with Crippen LogP contribution in [0.2, 0.25) is 10.6 Å². The minimum absolute atomic E-state index is 0.481. The molecule has 0 amide bonds. The summed E-state index contributed by atoms with van der Waals surface area (Å²) in [6.07, 6.45) is 2.63. The van der Waals surface area contributed by atoms with Crippen LogP contribution in [0.5, 0.6) is 0 Å². The van der Waals surface area contributed by atoms with E-state index in [1.807, 2.05) is 0 Å². The van der Waals surface area contributed by atoms with Gasteiger partial charge in [0.25, 0.3) is 0 Å². The van der Waals surface area contributed by atoms with Crippen molar-refractivity contribution in [1.29, 1.82) is 0 Å². The molecule has 2 heteroatoms. The van der Waals surface area contributed by atoms with Gasteiger partial charge < -0.3 is 0 Å². The fourth-order valence-electron chi connectivity index (χ4n) is 1.04. The van der Waals surface area contributed by atoms with Crippen LogP contribution in [0.1, 0.15) is 19.8 Å². The fraction of sp³-hybridized carbons (Fsp3) is 1.00. The number of hydrogen-bond donors (Lipinski definition) is 0. The van der Waals surface area contributed by atoms with Crippen LogP contribution in [0.4, 0.5) is 0 Å². The van der Waals surface area contributed by atoms with Crippen molar-refractivity contribution < 1.29 is 0 Å². The van der Waals surface area contributed by atoms with Crippen molar-refractivity contribution in [2.45, 2.75) is 35.8 Å². The van der Waals surface area contributed by atoms with E-state index in [-0.39, 0.29) is 0 Å². The summed E-state index contributed by atoms with van der Waals surface area (Å²) in [5.41, 5.74) is 0. The molecule has 1 aliphatic heterocycles. The number of rotatable bonds is 0. The Bertz CT molecular complexity index is 75.0. The van der Waals surface area contributed by atoms with E-state index in [9.17, 15) is 0 Å². The summed E-state index contributed by atoms with van der Waals surface area (Å²) in [6.45, 7) is 2.28. The zero-order valence-electron chi connectivity index (χ0n) is 5.77. The average molecular weight is 212 g/mol. The molecule has 0 aromatic heterocycles. The molecule has 9 heavy (non-hydrogen) atoms. The van der Waals surface area contributed by atoms with Gasteiger partial charge in [-0.1, -0.05) is 0 Å². The summed E-state index contributed by atoms with van der Waals surface area (Å²) in [5.74, 6) is 0.786. The Labute approximate surface area is 68.5 Å². The van der Waals surface area contributed by atoms with E-state index in [4.69, 9.17) is 11.6 Å². The van der Waals surface area contributed by atoms with Crippen molar-refractivity contribution in [3.63, 3.8) is 0 Å². The molecule has 0 nitrogen and oxygen atoms in total. The summed E-state index contributed by atoms with van der Waals surface area (Å²) >= 11 is 6.99. The van der Waals surface area contributed by atoms with Crippen LogP contribution < -0.4 is 0 Å². The van der Waals surface area contributed by atoms with E-state index in [0.717, 1.165) is 20.9 Å². The first-order valence-electron chi connectivity index (χ1n) is 3.52. The van der Waals surface area contributed by atoms with E-state index in [1.165, 1.54) is 23.5 Å². The molecule has 0 saturated carbocycles. The first-order valence-corrected chi connectivity index (χ1v) is 6.38. The number of halogens is 1. The molecule has 1 rings (SSSR count). The van der Waals surface area contributed by atoms with E-state index in [2.05, 4.69) is 6.92 Å². The van der Waals surface area contributed by atoms with Gasteiger partial charge in [-0.2, -0.15) is 0 Å². The molecule has 1 heterocycles. The fourth-order valence-corrected chi connectivity index (χ4v) is 3.92. The normalized spacial score (nSPS) is 38.0. The Morgan fingerprint density at radius 2 is 2.33 bits per heavy atom. The summed E-state index contributed by atoms with van der Waals surface area (Å²) in [4.78, 5) is 0. The van der Waals surface area contributed by atoms with Gasteiger partial charge in [-0.3, -0.25) is 0 Å². The topological polar surface area (TPSA) is 0 Å². The zero-order chi connectivity index (χ0) is 6.69.